The van der Waals surface area contributed by atoms with Gasteiger partial charge in [-0.25, -0.2) is 0 Å². The molecule has 2 aromatic rings. The van der Waals surface area contributed by atoms with Crippen LogP contribution in [0.1, 0.15) is 34.9 Å². The summed E-state index contributed by atoms with van der Waals surface area (Å²) in [4.78, 5) is 18.9. The Balaban J connectivity index is 1.41. The Bertz CT molecular complexity index is 963. The minimum atomic E-state index is -0.669. The summed E-state index contributed by atoms with van der Waals surface area (Å²) >= 11 is 1.75. The van der Waals surface area contributed by atoms with E-state index < -0.39 is 6.10 Å². The lowest BCUT2D eigenvalue weighted by atomic mass is 10.0. The topological polar surface area (TPSA) is 62.2 Å². The summed E-state index contributed by atoms with van der Waals surface area (Å²) in [5.74, 6) is 3.29. The van der Waals surface area contributed by atoms with Gasteiger partial charge in [-0.3, -0.25) is 9.69 Å². The quantitative estimate of drug-likeness (QED) is 0.406. The summed E-state index contributed by atoms with van der Waals surface area (Å²) in [6, 6.07) is 10.4. The first-order chi connectivity index (χ1) is 16.0. The first-order valence-corrected chi connectivity index (χ1v) is 12.4. The Morgan fingerprint density at radius 3 is 2.85 bits per heavy atom. The number of benzene rings is 1. The lowest BCUT2D eigenvalue weighted by Crippen LogP contribution is -2.48. The number of aliphatic hydroxyl groups excluding tert-OH is 1. The standard InChI is InChI=1S/C26H32N2O4S/c1-3-13-31-17-21(29)15-27(20-6-7-20)16-26(30)28-12-10-25-23(11-14-33-25)24(28)18-32-22-8-4-19(2)5-9-22/h1,4-5,8-9,11,14,20-21,24,29H,6-7,10,12-13,15-18H2,2H3/t21-,24-/m0/s1. The number of fused-ring (bicyclic) bond motifs is 1. The number of ether oxygens (including phenoxy) is 2. The Hall–Kier alpha value is -2.37. The van der Waals surface area contributed by atoms with Crippen LogP contribution in [0.4, 0.5) is 0 Å². The summed E-state index contributed by atoms with van der Waals surface area (Å²) in [5, 5.41) is 12.4. The lowest BCUT2D eigenvalue weighted by Gasteiger charge is -2.37. The average molecular weight is 469 g/mol. The molecule has 7 heteroatoms. The number of nitrogens with zero attached hydrogens (tertiary/aromatic N) is 2. The molecule has 2 aliphatic rings. The van der Waals surface area contributed by atoms with Gasteiger partial charge in [0.2, 0.25) is 5.91 Å². The second-order valence-electron chi connectivity index (χ2n) is 8.81. The first-order valence-electron chi connectivity index (χ1n) is 11.5. The van der Waals surface area contributed by atoms with Crippen molar-refractivity contribution in [2.75, 3.05) is 39.5 Å². The van der Waals surface area contributed by atoms with Gasteiger partial charge >= 0.3 is 0 Å². The molecule has 1 N–H and O–H groups in total. The SMILES string of the molecule is C#CCOC[C@@H](O)CN(CC(=O)N1CCc2sccc2[C@@H]1COc1ccc(C)cc1)C1CC1. The second kappa shape index (κ2) is 11.2. The van der Waals surface area contributed by atoms with E-state index in [-0.39, 0.29) is 31.7 Å². The van der Waals surface area contributed by atoms with Crippen LogP contribution in [-0.2, 0) is 16.0 Å². The summed E-state index contributed by atoms with van der Waals surface area (Å²) in [5.41, 5.74) is 2.37. The molecule has 2 atom stereocenters. The van der Waals surface area contributed by atoms with Crippen molar-refractivity contribution in [1.29, 1.82) is 0 Å². The normalized spacial score (nSPS) is 18.6. The van der Waals surface area contributed by atoms with Gasteiger partial charge in [-0.1, -0.05) is 23.6 Å². The predicted molar refractivity (Wildman–Crippen MR) is 129 cm³/mol. The molecular formula is C26H32N2O4S. The van der Waals surface area contributed by atoms with E-state index in [0.29, 0.717) is 25.7 Å². The lowest BCUT2D eigenvalue weighted by molar-refractivity contribution is -0.136. The van der Waals surface area contributed by atoms with E-state index in [1.807, 2.05) is 36.1 Å². The molecule has 1 fully saturated rings. The summed E-state index contributed by atoms with van der Waals surface area (Å²) in [7, 11) is 0. The Morgan fingerprint density at radius 1 is 1.33 bits per heavy atom. The largest absolute Gasteiger partial charge is 0.491 e. The van der Waals surface area contributed by atoms with Crippen molar-refractivity contribution >= 4 is 17.2 Å². The molecule has 2 heterocycles. The third kappa shape index (κ3) is 6.36. The van der Waals surface area contributed by atoms with Crippen LogP contribution in [0.3, 0.4) is 0 Å². The molecule has 0 bridgehead atoms. The maximum Gasteiger partial charge on any atom is 0.237 e. The predicted octanol–water partition coefficient (Wildman–Crippen LogP) is 3.04. The average Bonchev–Trinajstić information content (AvgIpc) is 3.55. The zero-order valence-electron chi connectivity index (χ0n) is 19.1. The number of aryl methyl sites for hydroxylation is 1. The van der Waals surface area contributed by atoms with Gasteiger partial charge in [0.05, 0.1) is 25.3 Å². The number of carbonyl (C=O) groups is 1. The monoisotopic (exact) mass is 468 g/mol. The van der Waals surface area contributed by atoms with Gasteiger partial charge in [-0.2, -0.15) is 0 Å². The van der Waals surface area contributed by atoms with Crippen LogP contribution in [0, 0.1) is 19.3 Å². The fourth-order valence-corrected chi connectivity index (χ4v) is 5.24. The van der Waals surface area contributed by atoms with E-state index in [4.69, 9.17) is 15.9 Å². The molecule has 0 radical (unpaired) electrons. The van der Waals surface area contributed by atoms with Crippen LogP contribution < -0.4 is 4.74 Å². The number of thiophene rings is 1. The number of hydrogen-bond acceptors (Lipinski definition) is 6. The van der Waals surface area contributed by atoms with E-state index in [2.05, 4.69) is 22.3 Å². The Morgan fingerprint density at radius 2 is 2.12 bits per heavy atom. The molecule has 4 rings (SSSR count). The summed E-state index contributed by atoms with van der Waals surface area (Å²) in [6.45, 7) is 4.20. The van der Waals surface area contributed by atoms with Gasteiger partial charge in [0.25, 0.3) is 0 Å². The molecule has 6 nitrogen and oxygen atoms in total. The van der Waals surface area contributed by atoms with Gasteiger partial charge in [-0.15, -0.1) is 17.8 Å². The van der Waals surface area contributed by atoms with Crippen molar-refractivity contribution in [2.45, 2.75) is 44.4 Å². The van der Waals surface area contributed by atoms with E-state index >= 15 is 0 Å². The van der Waals surface area contributed by atoms with Crippen molar-refractivity contribution in [3.05, 3.63) is 51.7 Å². The number of amides is 1. The van der Waals surface area contributed by atoms with Crippen LogP contribution in [0.15, 0.2) is 35.7 Å². The summed E-state index contributed by atoms with van der Waals surface area (Å²) in [6.07, 6.45) is 7.51. The smallest absolute Gasteiger partial charge is 0.237 e. The molecule has 1 saturated carbocycles. The minimum absolute atomic E-state index is 0.0769. The third-order valence-corrected chi connectivity index (χ3v) is 7.18. The molecule has 1 amide bonds. The van der Waals surface area contributed by atoms with E-state index in [0.717, 1.165) is 25.0 Å². The first kappa shape index (κ1) is 23.8. The van der Waals surface area contributed by atoms with Gasteiger partial charge in [-0.05, 0) is 55.3 Å². The molecule has 1 aromatic carbocycles. The Kier molecular flexibility index (Phi) is 8.05. The van der Waals surface area contributed by atoms with Crippen molar-refractivity contribution < 1.29 is 19.4 Å². The van der Waals surface area contributed by atoms with E-state index in [1.54, 1.807) is 11.3 Å². The fraction of sp³-hybridized carbons (Fsp3) is 0.500. The third-order valence-electron chi connectivity index (χ3n) is 6.19. The van der Waals surface area contributed by atoms with Crippen molar-refractivity contribution in [1.82, 2.24) is 9.80 Å². The minimum Gasteiger partial charge on any atom is -0.491 e. The van der Waals surface area contributed by atoms with Crippen molar-refractivity contribution in [3.8, 4) is 18.1 Å². The van der Waals surface area contributed by atoms with Crippen molar-refractivity contribution in [2.24, 2.45) is 0 Å². The molecule has 176 valence electrons. The number of hydrogen-bond donors (Lipinski definition) is 1. The molecule has 1 aliphatic carbocycles. The van der Waals surface area contributed by atoms with E-state index in [1.165, 1.54) is 16.0 Å². The molecular weight excluding hydrogens is 436 g/mol. The molecule has 1 aliphatic heterocycles. The maximum atomic E-state index is 13.5. The van der Waals surface area contributed by atoms with Crippen LogP contribution in [-0.4, -0.2) is 72.4 Å². The summed E-state index contributed by atoms with van der Waals surface area (Å²) < 4.78 is 11.4. The highest BCUT2D eigenvalue weighted by atomic mass is 32.1. The highest BCUT2D eigenvalue weighted by Gasteiger charge is 2.36. The highest BCUT2D eigenvalue weighted by molar-refractivity contribution is 7.10. The zero-order valence-corrected chi connectivity index (χ0v) is 19.9. The van der Waals surface area contributed by atoms with Crippen LogP contribution in [0.2, 0.25) is 0 Å². The molecule has 1 aromatic heterocycles. The Labute approximate surface area is 200 Å². The van der Waals surface area contributed by atoms with Gasteiger partial charge in [0.1, 0.15) is 19.0 Å². The molecule has 0 unspecified atom stereocenters. The fourth-order valence-electron chi connectivity index (χ4n) is 4.31. The number of terminal acetylenes is 1. The van der Waals surface area contributed by atoms with Gasteiger partial charge in [0, 0.05) is 24.0 Å². The molecule has 0 saturated heterocycles. The number of rotatable bonds is 11. The zero-order chi connectivity index (χ0) is 23.2. The number of aliphatic hydroxyl groups is 1. The second-order valence-corrected chi connectivity index (χ2v) is 9.81. The van der Waals surface area contributed by atoms with Gasteiger partial charge < -0.3 is 19.5 Å². The van der Waals surface area contributed by atoms with Gasteiger partial charge in [0.15, 0.2) is 0 Å². The number of carbonyl (C=O) groups excluding carboxylic acids is 1. The van der Waals surface area contributed by atoms with E-state index in [9.17, 15) is 9.90 Å². The maximum absolute atomic E-state index is 13.5. The van der Waals surface area contributed by atoms with Crippen LogP contribution in [0.5, 0.6) is 5.75 Å². The molecule has 0 spiro atoms. The van der Waals surface area contributed by atoms with Crippen LogP contribution in [0.25, 0.3) is 0 Å². The van der Waals surface area contributed by atoms with Crippen molar-refractivity contribution in [3.63, 3.8) is 0 Å². The van der Waals surface area contributed by atoms with Crippen LogP contribution >= 0.6 is 11.3 Å². The highest BCUT2D eigenvalue weighted by Crippen LogP contribution is 2.34. The molecule has 33 heavy (non-hydrogen) atoms.